The smallest absolute Gasteiger partial charge is 0.241 e. The number of thiophene rings is 1. The normalized spacial score (nSPS) is 19.8. The average molecular weight is 491 g/mol. The maximum absolute atomic E-state index is 13.9. The van der Waals surface area contributed by atoms with E-state index in [4.69, 9.17) is 9.47 Å². The van der Waals surface area contributed by atoms with E-state index in [0.717, 1.165) is 10.4 Å². The molecule has 0 N–H and O–H groups in total. The summed E-state index contributed by atoms with van der Waals surface area (Å²) >= 11 is 1.58. The largest absolute Gasteiger partial charge is 0.454 e. The van der Waals surface area contributed by atoms with E-state index in [-0.39, 0.29) is 49.9 Å². The van der Waals surface area contributed by atoms with Crippen LogP contribution >= 0.6 is 11.3 Å². The molecule has 0 radical (unpaired) electrons. The van der Waals surface area contributed by atoms with Gasteiger partial charge in [0.2, 0.25) is 24.5 Å². The van der Waals surface area contributed by atoms with Crippen LogP contribution in [0.1, 0.15) is 41.8 Å². The van der Waals surface area contributed by atoms with E-state index >= 15 is 0 Å². The first-order chi connectivity index (χ1) is 16.9. The molecule has 0 saturated carbocycles. The predicted octanol–water partition coefficient (Wildman–Crippen LogP) is 4.28. The molecule has 2 aliphatic heterocycles. The summed E-state index contributed by atoms with van der Waals surface area (Å²) in [7, 11) is 1.75. The quantitative estimate of drug-likeness (QED) is 0.462. The summed E-state index contributed by atoms with van der Waals surface area (Å²) in [5.41, 5.74) is 0.196. The summed E-state index contributed by atoms with van der Waals surface area (Å²) < 4.78 is 10.8. The zero-order valence-corrected chi connectivity index (χ0v) is 20.4. The zero-order valence-electron chi connectivity index (χ0n) is 19.6. The zero-order chi connectivity index (χ0) is 24.6. The van der Waals surface area contributed by atoms with E-state index < -0.39 is 5.41 Å². The highest BCUT2D eigenvalue weighted by molar-refractivity contribution is 7.10. The lowest BCUT2D eigenvalue weighted by Gasteiger charge is -2.31. The molecule has 2 aromatic carbocycles. The van der Waals surface area contributed by atoms with Crippen LogP contribution in [0.15, 0.2) is 66.0 Å². The summed E-state index contributed by atoms with van der Waals surface area (Å²) in [5.74, 6) is 0.409. The number of ether oxygens (including phenoxy) is 2. The number of fused-ring (bicyclic) bond motifs is 1. The first kappa shape index (κ1) is 23.1. The number of carbonyl (C=O) groups is 3. The van der Waals surface area contributed by atoms with E-state index in [1.807, 2.05) is 60.8 Å². The van der Waals surface area contributed by atoms with Crippen LogP contribution in [-0.2, 0) is 26.3 Å². The molecule has 1 aromatic heterocycles. The Hall–Kier alpha value is -3.65. The number of amides is 3. The van der Waals surface area contributed by atoms with E-state index in [0.29, 0.717) is 17.1 Å². The Morgan fingerprint density at radius 1 is 1.09 bits per heavy atom. The predicted molar refractivity (Wildman–Crippen MR) is 131 cm³/mol. The lowest BCUT2D eigenvalue weighted by Crippen LogP contribution is -2.43. The minimum atomic E-state index is -1.24. The summed E-state index contributed by atoms with van der Waals surface area (Å²) in [6.45, 7) is 2.22. The highest BCUT2D eigenvalue weighted by Crippen LogP contribution is 2.42. The summed E-state index contributed by atoms with van der Waals surface area (Å²) in [5, 5.41) is 1.97. The van der Waals surface area contributed by atoms with Crippen molar-refractivity contribution in [3.05, 3.63) is 82.0 Å². The Morgan fingerprint density at radius 2 is 1.86 bits per heavy atom. The Kier molecular flexibility index (Phi) is 6.06. The van der Waals surface area contributed by atoms with Crippen molar-refractivity contribution in [1.29, 1.82) is 0 Å². The van der Waals surface area contributed by atoms with Gasteiger partial charge in [-0.15, -0.1) is 11.3 Å². The monoisotopic (exact) mass is 490 g/mol. The molecule has 1 saturated heterocycles. The van der Waals surface area contributed by atoms with Crippen LogP contribution in [-0.4, -0.2) is 41.4 Å². The fraction of sp³-hybridized carbons (Fsp3) is 0.296. The van der Waals surface area contributed by atoms with Crippen molar-refractivity contribution in [2.24, 2.45) is 0 Å². The molecule has 0 unspecified atom stereocenters. The van der Waals surface area contributed by atoms with Gasteiger partial charge in [0, 0.05) is 24.8 Å². The SMILES string of the molecule is C[C@H](c1cccs1)N(C)C(=O)C[C@@]1(c2ccccc2)CC(=O)N(Cc2ccc3c(c2)OCO3)C1=O. The van der Waals surface area contributed by atoms with E-state index in [2.05, 4.69) is 0 Å². The average Bonchev–Trinajstić information content (AvgIpc) is 3.61. The molecule has 0 spiro atoms. The molecule has 3 heterocycles. The summed E-state index contributed by atoms with van der Waals surface area (Å²) in [4.78, 5) is 44.6. The van der Waals surface area contributed by atoms with E-state index in [1.54, 1.807) is 35.4 Å². The van der Waals surface area contributed by atoms with Crippen molar-refractivity contribution in [3.8, 4) is 11.5 Å². The van der Waals surface area contributed by atoms with E-state index in [9.17, 15) is 14.4 Å². The van der Waals surface area contributed by atoms with Gasteiger partial charge in [0.15, 0.2) is 11.5 Å². The summed E-state index contributed by atoms with van der Waals surface area (Å²) in [6, 6.07) is 18.4. The van der Waals surface area contributed by atoms with Gasteiger partial charge in [-0.05, 0) is 41.6 Å². The Balaban J connectivity index is 1.43. The number of rotatable bonds is 7. The molecule has 2 aliphatic rings. The van der Waals surface area contributed by atoms with Crippen LogP contribution in [0.5, 0.6) is 11.5 Å². The molecular weight excluding hydrogens is 464 g/mol. The van der Waals surface area contributed by atoms with Crippen molar-refractivity contribution >= 4 is 29.1 Å². The second-order valence-electron chi connectivity index (χ2n) is 8.97. The second kappa shape index (κ2) is 9.19. The van der Waals surface area contributed by atoms with Gasteiger partial charge in [-0.25, -0.2) is 0 Å². The lowest BCUT2D eigenvalue weighted by atomic mass is 9.75. The van der Waals surface area contributed by atoms with Crippen LogP contribution in [0.3, 0.4) is 0 Å². The molecule has 180 valence electrons. The number of hydrogen-bond acceptors (Lipinski definition) is 6. The van der Waals surface area contributed by atoms with Gasteiger partial charge < -0.3 is 14.4 Å². The third-order valence-corrected chi connectivity index (χ3v) is 7.94. The third kappa shape index (κ3) is 4.18. The van der Waals surface area contributed by atoms with Crippen LogP contribution in [0.25, 0.3) is 0 Å². The van der Waals surface area contributed by atoms with Crippen molar-refractivity contribution in [1.82, 2.24) is 9.80 Å². The van der Waals surface area contributed by atoms with Gasteiger partial charge in [-0.2, -0.15) is 0 Å². The molecule has 5 rings (SSSR count). The number of nitrogens with zero attached hydrogens (tertiary/aromatic N) is 2. The van der Waals surface area contributed by atoms with E-state index in [1.165, 1.54) is 4.90 Å². The van der Waals surface area contributed by atoms with Crippen molar-refractivity contribution in [2.75, 3.05) is 13.8 Å². The number of likely N-dealkylation sites (tertiary alicyclic amines) is 1. The fourth-order valence-electron chi connectivity index (χ4n) is 4.72. The van der Waals surface area contributed by atoms with Crippen LogP contribution in [0.2, 0.25) is 0 Å². The molecule has 35 heavy (non-hydrogen) atoms. The number of imide groups is 1. The fourth-order valence-corrected chi connectivity index (χ4v) is 5.55. The minimum Gasteiger partial charge on any atom is -0.454 e. The molecule has 1 fully saturated rings. The van der Waals surface area contributed by atoms with Crippen LogP contribution in [0, 0.1) is 0 Å². The van der Waals surface area contributed by atoms with Gasteiger partial charge >= 0.3 is 0 Å². The molecule has 2 atom stereocenters. The maximum Gasteiger partial charge on any atom is 0.241 e. The number of benzene rings is 2. The lowest BCUT2D eigenvalue weighted by molar-refractivity contribution is -0.143. The summed E-state index contributed by atoms with van der Waals surface area (Å²) in [6.07, 6.45) is -0.126. The van der Waals surface area contributed by atoms with Crippen LogP contribution < -0.4 is 9.47 Å². The third-order valence-electron chi connectivity index (χ3n) is 6.89. The topological polar surface area (TPSA) is 76.2 Å². The van der Waals surface area contributed by atoms with Crippen LogP contribution in [0.4, 0.5) is 0 Å². The van der Waals surface area contributed by atoms with Gasteiger partial charge in [0.1, 0.15) is 0 Å². The molecule has 3 aromatic rings. The second-order valence-corrected chi connectivity index (χ2v) is 9.95. The Morgan fingerprint density at radius 3 is 2.60 bits per heavy atom. The highest BCUT2D eigenvalue weighted by Gasteiger charge is 2.54. The van der Waals surface area contributed by atoms with Crippen molar-refractivity contribution < 1.29 is 23.9 Å². The first-order valence-electron chi connectivity index (χ1n) is 11.5. The Labute approximate surface area is 207 Å². The molecule has 3 amide bonds. The minimum absolute atomic E-state index is 0.0483. The maximum atomic E-state index is 13.9. The van der Waals surface area contributed by atoms with Gasteiger partial charge in [0.05, 0.1) is 18.0 Å². The van der Waals surface area contributed by atoms with Gasteiger partial charge in [-0.1, -0.05) is 42.5 Å². The number of carbonyl (C=O) groups excluding carboxylic acids is 3. The molecule has 0 aliphatic carbocycles. The molecule has 0 bridgehead atoms. The first-order valence-corrected chi connectivity index (χ1v) is 12.3. The highest BCUT2D eigenvalue weighted by atomic mass is 32.1. The number of hydrogen-bond donors (Lipinski definition) is 0. The van der Waals surface area contributed by atoms with Gasteiger partial charge in [0.25, 0.3) is 0 Å². The molecular formula is C27H26N2O5S. The van der Waals surface area contributed by atoms with Gasteiger partial charge in [-0.3, -0.25) is 19.3 Å². The standard InChI is InChI=1S/C27H26N2O5S/c1-18(23-9-6-12-35-23)28(2)24(30)14-27(20-7-4-3-5-8-20)15-25(31)29(26(27)32)16-19-10-11-21-22(13-19)34-17-33-21/h3-13,18H,14-17H2,1-2H3/t18-,27+/m1/s1. The molecule has 8 heteroatoms. The van der Waals surface area contributed by atoms with Crippen molar-refractivity contribution in [2.45, 2.75) is 37.8 Å². The molecule has 7 nitrogen and oxygen atoms in total. The Bertz CT molecular complexity index is 1260. The van der Waals surface area contributed by atoms with Crippen molar-refractivity contribution in [3.63, 3.8) is 0 Å².